The second-order valence-corrected chi connectivity index (χ2v) is 18.9. The normalized spacial score (nSPS) is 26.5. The fourth-order valence-corrected chi connectivity index (χ4v) is 9.59. The number of hydrogen-bond acceptors (Lipinski definition) is 13. The van der Waals surface area contributed by atoms with Crippen molar-refractivity contribution in [3.05, 3.63) is 23.3 Å². The lowest BCUT2D eigenvalue weighted by Gasteiger charge is -2.64. The SMILES string of the molecule is CS(=O)c1ccc(C[C@H](Sc2nnc(N)s2)B2OC3CC4CC(C4(C)C)[C@]3(C)O2)c(OC(=O)OC(C)(C)C)c1C(=O)OC(C)(C)C. The van der Waals surface area contributed by atoms with Crippen LogP contribution in [-0.4, -0.2) is 68.0 Å². The standard InChI is InChI=1S/C31H44BN3O8S3/c1-28(2,3)40-24(36)22-18(46(10)38)12-11-16(23(22)39-27(37)41-29(4,5)6)13-21(44-26-35-34-25(33)45-26)32-42-20-15-17-14-19(30(17,7)8)31(20,9)43-32/h11-12,17,19-21H,13-15H2,1-10H3,(H2,33,34)/t17?,19?,20?,21-,31-,46?/m0/s1. The predicted molar refractivity (Wildman–Crippen MR) is 179 cm³/mol. The number of aromatic nitrogens is 2. The molecule has 46 heavy (non-hydrogen) atoms. The molecule has 0 amide bonds. The van der Waals surface area contributed by atoms with Gasteiger partial charge in [-0.15, -0.1) is 10.2 Å². The first-order valence-electron chi connectivity index (χ1n) is 15.4. The number of nitrogen functional groups attached to an aromatic ring is 1. The largest absolute Gasteiger partial charge is 0.514 e. The fourth-order valence-electron chi connectivity index (χ4n) is 6.87. The highest BCUT2D eigenvalue weighted by Crippen LogP contribution is 2.66. The van der Waals surface area contributed by atoms with Gasteiger partial charge in [-0.25, -0.2) is 9.59 Å². The van der Waals surface area contributed by atoms with E-state index in [-0.39, 0.29) is 34.1 Å². The monoisotopic (exact) mass is 693 g/mol. The number of thioether (sulfide) groups is 1. The molecular weight excluding hydrogens is 649 g/mol. The Morgan fingerprint density at radius 1 is 1.13 bits per heavy atom. The van der Waals surface area contributed by atoms with E-state index in [4.69, 9.17) is 29.3 Å². The lowest BCUT2D eigenvalue weighted by atomic mass is 9.43. The summed E-state index contributed by atoms with van der Waals surface area (Å²) in [6, 6.07) is 3.31. The van der Waals surface area contributed by atoms with Crippen LogP contribution >= 0.6 is 23.1 Å². The predicted octanol–water partition coefficient (Wildman–Crippen LogP) is 6.10. The average molecular weight is 694 g/mol. The molecule has 4 aliphatic rings. The van der Waals surface area contributed by atoms with Crippen molar-refractivity contribution in [2.75, 3.05) is 12.0 Å². The van der Waals surface area contributed by atoms with Gasteiger partial charge in [0.1, 0.15) is 16.8 Å². The highest BCUT2D eigenvalue weighted by Gasteiger charge is 2.68. The number of carbonyl (C=O) groups is 2. The Morgan fingerprint density at radius 3 is 2.37 bits per heavy atom. The summed E-state index contributed by atoms with van der Waals surface area (Å²) in [4.78, 5) is 27.0. The molecule has 2 bridgehead atoms. The maximum Gasteiger partial charge on any atom is 0.514 e. The molecule has 2 heterocycles. The van der Waals surface area contributed by atoms with Crippen LogP contribution in [0.3, 0.4) is 0 Å². The maximum absolute atomic E-state index is 13.7. The van der Waals surface area contributed by atoms with Crippen molar-refractivity contribution >= 4 is 58.3 Å². The van der Waals surface area contributed by atoms with Crippen molar-refractivity contribution in [3.8, 4) is 5.75 Å². The van der Waals surface area contributed by atoms with Crippen LogP contribution in [0.2, 0.25) is 0 Å². The first kappa shape index (κ1) is 35.1. The Balaban J connectivity index is 1.57. The third-order valence-corrected chi connectivity index (χ3v) is 12.1. The summed E-state index contributed by atoms with van der Waals surface area (Å²) in [5.74, 6) is 0.0663. The van der Waals surface area contributed by atoms with Crippen molar-refractivity contribution in [1.29, 1.82) is 0 Å². The molecule has 252 valence electrons. The number of nitrogens with zero attached hydrogens (tertiary/aromatic N) is 2. The van der Waals surface area contributed by atoms with Gasteiger partial charge in [-0.3, -0.25) is 4.21 Å². The van der Waals surface area contributed by atoms with Gasteiger partial charge in [0.2, 0.25) is 5.13 Å². The summed E-state index contributed by atoms with van der Waals surface area (Å²) < 4.78 is 44.1. The smallest absolute Gasteiger partial charge is 0.456 e. The van der Waals surface area contributed by atoms with E-state index in [1.54, 1.807) is 53.7 Å². The summed E-state index contributed by atoms with van der Waals surface area (Å²) in [6.45, 7) is 17.1. The Labute approximate surface area is 282 Å². The fraction of sp³-hybridized carbons (Fsp3) is 0.677. The summed E-state index contributed by atoms with van der Waals surface area (Å²) in [5.41, 5.74) is 4.26. The van der Waals surface area contributed by atoms with Crippen molar-refractivity contribution in [2.45, 2.75) is 119 Å². The van der Waals surface area contributed by atoms with Crippen LogP contribution in [0, 0.1) is 17.3 Å². The molecule has 3 aliphatic carbocycles. The molecule has 2 N–H and O–H groups in total. The van der Waals surface area contributed by atoms with Gasteiger partial charge in [-0.05, 0) is 96.6 Å². The minimum Gasteiger partial charge on any atom is -0.456 e. The Morgan fingerprint density at radius 2 is 1.80 bits per heavy atom. The number of anilines is 1. The third-order valence-electron chi connectivity index (χ3n) is 9.06. The van der Waals surface area contributed by atoms with Gasteiger partial charge < -0.3 is 29.3 Å². The third kappa shape index (κ3) is 7.13. The van der Waals surface area contributed by atoms with Crippen LogP contribution in [0.15, 0.2) is 21.4 Å². The van der Waals surface area contributed by atoms with Gasteiger partial charge in [0.25, 0.3) is 0 Å². The molecule has 1 aromatic heterocycles. The first-order valence-corrected chi connectivity index (χ1v) is 18.7. The average Bonchev–Trinajstić information content (AvgIpc) is 3.48. The molecule has 6 atom stereocenters. The zero-order valence-electron chi connectivity index (χ0n) is 28.1. The van der Waals surface area contributed by atoms with Crippen molar-refractivity contribution < 1.29 is 37.3 Å². The Bertz CT molecular complexity index is 1540. The van der Waals surface area contributed by atoms with Gasteiger partial charge in [0, 0.05) is 6.26 Å². The van der Waals surface area contributed by atoms with E-state index in [0.717, 1.165) is 12.8 Å². The van der Waals surface area contributed by atoms with E-state index < -0.39 is 52.0 Å². The van der Waals surface area contributed by atoms with E-state index in [1.807, 2.05) is 0 Å². The lowest BCUT2D eigenvalue weighted by molar-refractivity contribution is -0.199. The molecule has 1 aliphatic heterocycles. The van der Waals surface area contributed by atoms with Crippen molar-refractivity contribution in [2.24, 2.45) is 17.3 Å². The van der Waals surface area contributed by atoms with Crippen LogP contribution < -0.4 is 10.5 Å². The summed E-state index contributed by atoms with van der Waals surface area (Å²) in [5, 5.41) is 8.13. The van der Waals surface area contributed by atoms with Crippen LogP contribution in [0.1, 0.15) is 91.1 Å². The van der Waals surface area contributed by atoms with Gasteiger partial charge in [-0.2, -0.15) is 0 Å². The molecule has 3 saturated carbocycles. The van der Waals surface area contributed by atoms with Gasteiger partial charge >= 0.3 is 19.2 Å². The molecule has 15 heteroatoms. The first-order chi connectivity index (χ1) is 21.2. The number of esters is 1. The van der Waals surface area contributed by atoms with E-state index >= 15 is 0 Å². The topological polar surface area (TPSA) is 149 Å². The number of carbonyl (C=O) groups excluding carboxylic acids is 2. The molecule has 2 aromatic rings. The van der Waals surface area contributed by atoms with Gasteiger partial charge in [-0.1, -0.05) is 43.0 Å². The second-order valence-electron chi connectivity index (χ2n) is 15.1. The minimum absolute atomic E-state index is 0.0726. The van der Waals surface area contributed by atoms with Gasteiger partial charge in [0.15, 0.2) is 10.1 Å². The number of benzene rings is 1. The van der Waals surface area contributed by atoms with Crippen molar-refractivity contribution in [1.82, 2.24) is 10.2 Å². The van der Waals surface area contributed by atoms with E-state index in [9.17, 15) is 13.8 Å². The molecular formula is C31H44BN3O8S3. The second kappa shape index (κ2) is 12.4. The van der Waals surface area contributed by atoms with E-state index in [1.165, 1.54) is 29.4 Å². The zero-order valence-corrected chi connectivity index (χ0v) is 30.6. The number of rotatable bonds is 8. The summed E-state index contributed by atoms with van der Waals surface area (Å²) in [6.07, 6.45) is 2.60. The molecule has 4 unspecified atom stereocenters. The number of hydrogen-bond donors (Lipinski definition) is 1. The molecule has 0 radical (unpaired) electrons. The Hall–Kier alpha value is -2.20. The molecule has 6 rings (SSSR count). The van der Waals surface area contributed by atoms with E-state index in [0.29, 0.717) is 26.9 Å². The Kier molecular flexibility index (Phi) is 9.44. The van der Waals surface area contributed by atoms with Crippen LogP contribution in [0.4, 0.5) is 9.93 Å². The minimum atomic E-state index is -1.62. The number of nitrogens with two attached hydrogens (primary N) is 1. The van der Waals surface area contributed by atoms with Crippen LogP contribution in [0.5, 0.6) is 5.75 Å². The lowest BCUT2D eigenvalue weighted by Crippen LogP contribution is -2.65. The van der Waals surface area contributed by atoms with E-state index in [2.05, 4.69) is 31.0 Å². The molecule has 1 aromatic carbocycles. The summed E-state index contributed by atoms with van der Waals surface area (Å²) >= 11 is 2.65. The zero-order chi connectivity index (χ0) is 34.0. The quantitative estimate of drug-likeness (QED) is 0.147. The summed E-state index contributed by atoms with van der Waals surface area (Å²) in [7, 11) is -2.27. The maximum atomic E-state index is 13.7. The highest BCUT2D eigenvalue weighted by molar-refractivity contribution is 8.02. The van der Waals surface area contributed by atoms with Gasteiger partial charge in [0.05, 0.1) is 32.5 Å². The molecule has 11 nitrogen and oxygen atoms in total. The molecule has 1 saturated heterocycles. The van der Waals surface area contributed by atoms with Crippen LogP contribution in [-0.2, 0) is 36.0 Å². The number of ether oxygens (including phenoxy) is 3. The van der Waals surface area contributed by atoms with Crippen LogP contribution in [0.25, 0.3) is 0 Å². The molecule has 0 spiro atoms. The van der Waals surface area contributed by atoms with Crippen molar-refractivity contribution in [3.63, 3.8) is 0 Å². The highest BCUT2D eigenvalue weighted by atomic mass is 32.2. The molecule has 4 fully saturated rings.